The van der Waals surface area contributed by atoms with E-state index in [0.29, 0.717) is 23.0 Å². The molecule has 1 amide bonds. The molecule has 2 aromatic carbocycles. The third-order valence-electron chi connectivity index (χ3n) is 3.24. The Morgan fingerprint density at radius 3 is 2.48 bits per heavy atom. The summed E-state index contributed by atoms with van der Waals surface area (Å²) in [4.78, 5) is 12.2. The van der Waals surface area contributed by atoms with Gasteiger partial charge >= 0.3 is 0 Å². The number of halogens is 2. The fourth-order valence-electron chi connectivity index (χ4n) is 2.13. The van der Waals surface area contributed by atoms with Crippen molar-refractivity contribution >= 4 is 38.9 Å². The predicted octanol–water partition coefficient (Wildman–Crippen LogP) is 3.37. The van der Waals surface area contributed by atoms with Crippen LogP contribution in [-0.4, -0.2) is 27.1 Å². The van der Waals surface area contributed by atoms with Crippen LogP contribution in [0.25, 0.3) is 0 Å². The van der Waals surface area contributed by atoms with Crippen molar-refractivity contribution in [1.29, 1.82) is 0 Å². The number of rotatable bonds is 5. The maximum atomic E-state index is 12.2. The van der Waals surface area contributed by atoms with Gasteiger partial charge in [-0.25, -0.2) is 8.42 Å². The molecule has 0 aromatic heterocycles. The molecule has 0 saturated heterocycles. The molecule has 0 fully saturated rings. The Kier molecular flexibility index (Phi) is 5.68. The molecule has 0 atom stereocenters. The molecular formula is C16H15Cl2NO3S. The van der Waals surface area contributed by atoms with Crippen molar-refractivity contribution in [2.45, 2.75) is 11.3 Å². The predicted molar refractivity (Wildman–Crippen MR) is 92.1 cm³/mol. The topological polar surface area (TPSA) is 63.2 Å². The second kappa shape index (κ2) is 7.34. The van der Waals surface area contributed by atoms with E-state index in [9.17, 15) is 13.2 Å². The minimum absolute atomic E-state index is 0.0123. The fourth-order valence-corrected chi connectivity index (χ4v) is 3.43. The molecule has 2 rings (SSSR count). The normalized spacial score (nSPS) is 11.3. The van der Waals surface area contributed by atoms with Crippen molar-refractivity contribution in [2.75, 3.05) is 12.8 Å². The van der Waals surface area contributed by atoms with Gasteiger partial charge in [0.2, 0.25) is 0 Å². The van der Waals surface area contributed by atoms with Crippen molar-refractivity contribution in [2.24, 2.45) is 0 Å². The summed E-state index contributed by atoms with van der Waals surface area (Å²) in [5.41, 5.74) is 0.947. The zero-order valence-corrected chi connectivity index (χ0v) is 14.7. The van der Waals surface area contributed by atoms with Gasteiger partial charge in [0.15, 0.2) is 9.84 Å². The van der Waals surface area contributed by atoms with Crippen LogP contribution in [-0.2, 0) is 16.3 Å². The minimum atomic E-state index is -3.47. The number of nitrogens with one attached hydrogen (secondary N) is 1. The molecule has 4 nitrogen and oxygen atoms in total. The molecule has 0 aliphatic heterocycles. The van der Waals surface area contributed by atoms with Crippen LogP contribution in [0.4, 0.5) is 0 Å². The highest BCUT2D eigenvalue weighted by atomic mass is 35.5. The highest BCUT2D eigenvalue weighted by molar-refractivity contribution is 7.90. The van der Waals surface area contributed by atoms with Crippen LogP contribution in [0.1, 0.15) is 15.9 Å². The molecule has 1 N–H and O–H groups in total. The number of benzene rings is 2. The van der Waals surface area contributed by atoms with E-state index in [2.05, 4.69) is 5.32 Å². The summed E-state index contributed by atoms with van der Waals surface area (Å²) in [5.74, 6) is -0.441. The molecule has 23 heavy (non-hydrogen) atoms. The molecule has 0 saturated carbocycles. The lowest BCUT2D eigenvalue weighted by atomic mass is 10.1. The first-order chi connectivity index (χ1) is 10.8. The van der Waals surface area contributed by atoms with E-state index < -0.39 is 15.7 Å². The summed E-state index contributed by atoms with van der Waals surface area (Å²) in [6, 6.07) is 11.4. The van der Waals surface area contributed by atoms with E-state index >= 15 is 0 Å². The molecular weight excluding hydrogens is 357 g/mol. The first kappa shape index (κ1) is 17.8. The number of carbonyl (C=O) groups is 1. The third kappa shape index (κ3) is 4.47. The molecule has 7 heteroatoms. The van der Waals surface area contributed by atoms with E-state index in [1.165, 1.54) is 12.1 Å². The van der Waals surface area contributed by atoms with Gasteiger partial charge < -0.3 is 5.32 Å². The van der Waals surface area contributed by atoms with Gasteiger partial charge in [-0.2, -0.15) is 0 Å². The van der Waals surface area contributed by atoms with Gasteiger partial charge in [-0.15, -0.1) is 0 Å². The Labute approximate surface area is 145 Å². The molecule has 0 aliphatic rings. The van der Waals surface area contributed by atoms with Crippen LogP contribution in [0.15, 0.2) is 47.4 Å². The highest BCUT2D eigenvalue weighted by Crippen LogP contribution is 2.25. The first-order valence-electron chi connectivity index (χ1n) is 6.81. The minimum Gasteiger partial charge on any atom is -0.352 e. The number of carbonyl (C=O) groups excluding carboxylic acids is 1. The average Bonchev–Trinajstić information content (AvgIpc) is 2.50. The van der Waals surface area contributed by atoms with Gasteiger partial charge in [-0.05, 0) is 30.2 Å². The Hall–Kier alpha value is -1.56. The third-order valence-corrected chi connectivity index (χ3v) is 5.26. The van der Waals surface area contributed by atoms with Crippen LogP contribution >= 0.6 is 23.2 Å². The Morgan fingerprint density at radius 2 is 1.78 bits per heavy atom. The van der Waals surface area contributed by atoms with Crippen molar-refractivity contribution in [3.05, 3.63) is 63.6 Å². The Bertz CT molecular complexity index is 835. The summed E-state index contributed by atoms with van der Waals surface area (Å²) in [7, 11) is -3.47. The van der Waals surface area contributed by atoms with E-state index in [1.54, 1.807) is 24.3 Å². The van der Waals surface area contributed by atoms with Crippen molar-refractivity contribution in [3.63, 3.8) is 0 Å². The number of hydrogen-bond acceptors (Lipinski definition) is 3. The van der Waals surface area contributed by atoms with Gasteiger partial charge in [0.25, 0.3) is 5.91 Å². The van der Waals surface area contributed by atoms with Gasteiger partial charge in [0.05, 0.1) is 20.5 Å². The molecule has 0 bridgehead atoms. The van der Waals surface area contributed by atoms with Gasteiger partial charge in [-0.3, -0.25) is 4.79 Å². The number of amides is 1. The maximum absolute atomic E-state index is 12.2. The van der Waals surface area contributed by atoms with Crippen LogP contribution in [0.2, 0.25) is 10.0 Å². The molecule has 0 heterocycles. The largest absolute Gasteiger partial charge is 0.352 e. The molecule has 0 aliphatic carbocycles. The zero-order valence-electron chi connectivity index (χ0n) is 12.3. The highest BCUT2D eigenvalue weighted by Gasteiger charge is 2.17. The van der Waals surface area contributed by atoms with Gasteiger partial charge in [0.1, 0.15) is 0 Å². The lowest BCUT2D eigenvalue weighted by Gasteiger charge is -2.10. The summed E-state index contributed by atoms with van der Waals surface area (Å²) < 4.78 is 23.4. The van der Waals surface area contributed by atoms with Crippen LogP contribution < -0.4 is 5.32 Å². The molecule has 0 spiro atoms. The Balaban J connectivity index is 2.08. The van der Waals surface area contributed by atoms with Crippen molar-refractivity contribution in [1.82, 2.24) is 5.32 Å². The molecule has 0 unspecified atom stereocenters. The molecule has 2 aromatic rings. The smallest absolute Gasteiger partial charge is 0.252 e. The lowest BCUT2D eigenvalue weighted by Crippen LogP contribution is -2.27. The number of sulfone groups is 1. The van der Waals surface area contributed by atoms with Crippen LogP contribution in [0.3, 0.4) is 0 Å². The summed E-state index contributed by atoms with van der Waals surface area (Å²) in [6.07, 6.45) is 1.57. The second-order valence-electron chi connectivity index (χ2n) is 4.99. The monoisotopic (exact) mass is 371 g/mol. The van der Waals surface area contributed by atoms with E-state index in [4.69, 9.17) is 23.2 Å². The summed E-state index contributed by atoms with van der Waals surface area (Å²) in [6.45, 7) is 0.316. The lowest BCUT2D eigenvalue weighted by molar-refractivity contribution is 0.0951. The summed E-state index contributed by atoms with van der Waals surface area (Å²) in [5, 5.41) is 3.62. The second-order valence-corrected chi connectivity index (χ2v) is 7.76. The Morgan fingerprint density at radius 1 is 1.09 bits per heavy atom. The fraction of sp³-hybridized carbons (Fsp3) is 0.188. The van der Waals surface area contributed by atoms with Crippen LogP contribution in [0, 0.1) is 0 Å². The van der Waals surface area contributed by atoms with Crippen molar-refractivity contribution < 1.29 is 13.2 Å². The van der Waals surface area contributed by atoms with Gasteiger partial charge in [0, 0.05) is 12.8 Å². The average molecular weight is 372 g/mol. The maximum Gasteiger partial charge on any atom is 0.252 e. The standard InChI is InChI=1S/C16H15Cl2NO3S/c1-23(21,22)14-8-3-2-6-12(14)16(20)19-10-9-11-5-4-7-13(17)15(11)18/h2-8H,9-10H2,1H3,(H,19,20). The zero-order chi connectivity index (χ0) is 17.0. The number of hydrogen-bond donors (Lipinski definition) is 1. The quantitative estimate of drug-likeness (QED) is 0.875. The molecule has 0 radical (unpaired) electrons. The van der Waals surface area contributed by atoms with E-state index in [-0.39, 0.29) is 10.5 Å². The van der Waals surface area contributed by atoms with E-state index in [0.717, 1.165) is 11.8 Å². The van der Waals surface area contributed by atoms with E-state index in [1.807, 2.05) is 6.07 Å². The SMILES string of the molecule is CS(=O)(=O)c1ccccc1C(=O)NCCc1cccc(Cl)c1Cl. The van der Waals surface area contributed by atoms with Crippen LogP contribution in [0.5, 0.6) is 0 Å². The van der Waals surface area contributed by atoms with Crippen molar-refractivity contribution in [3.8, 4) is 0 Å². The first-order valence-corrected chi connectivity index (χ1v) is 9.45. The summed E-state index contributed by atoms with van der Waals surface area (Å²) >= 11 is 12.0. The van der Waals surface area contributed by atoms with Gasteiger partial charge in [-0.1, -0.05) is 47.5 Å². The molecule has 122 valence electrons.